The molecule has 1 aliphatic rings. The first kappa shape index (κ1) is 14.5. The zero-order valence-corrected chi connectivity index (χ0v) is 11.8. The van der Waals surface area contributed by atoms with Gasteiger partial charge in [-0.1, -0.05) is 0 Å². The maximum absolute atomic E-state index is 12.0. The topological polar surface area (TPSA) is 26.8 Å². The first-order valence-electron chi connectivity index (χ1n) is 6.75. The smallest absolute Gasteiger partial charge is 0.236 e. The summed E-state index contributed by atoms with van der Waals surface area (Å²) in [6, 6.07) is 0.605. The summed E-state index contributed by atoms with van der Waals surface area (Å²) in [7, 11) is 4.25. The van der Waals surface area contributed by atoms with Crippen LogP contribution in [0, 0.1) is 0 Å². The predicted octanol–water partition coefficient (Wildman–Crippen LogP) is 0.881. The van der Waals surface area contributed by atoms with Crippen molar-refractivity contribution >= 4 is 5.91 Å². The Labute approximate surface area is 106 Å². The molecule has 0 radical (unpaired) electrons. The normalized spacial score (nSPS) is 21.8. The summed E-state index contributed by atoms with van der Waals surface area (Å²) in [5.41, 5.74) is 0. The molecule has 0 aromatic rings. The molecule has 1 heterocycles. The van der Waals surface area contributed by atoms with Crippen LogP contribution in [0.4, 0.5) is 0 Å². The Hall–Kier alpha value is -0.610. The van der Waals surface area contributed by atoms with Crippen molar-refractivity contribution in [1.29, 1.82) is 0 Å². The molecule has 0 spiro atoms. The summed E-state index contributed by atoms with van der Waals surface area (Å²) >= 11 is 0. The average molecular weight is 241 g/mol. The number of carbonyl (C=O) groups is 1. The first-order valence-corrected chi connectivity index (χ1v) is 6.75. The molecule has 17 heavy (non-hydrogen) atoms. The molecule has 1 fully saturated rings. The van der Waals surface area contributed by atoms with Gasteiger partial charge < -0.3 is 9.80 Å². The van der Waals surface area contributed by atoms with E-state index < -0.39 is 0 Å². The standard InChI is InChI=1S/C13H27N3O/c1-5-16(6-2)13(17)11-15-9-7-8-12(10-15)14(3)4/h12H,5-11H2,1-4H3. The lowest BCUT2D eigenvalue weighted by Gasteiger charge is -2.36. The molecule has 1 rings (SSSR count). The number of likely N-dealkylation sites (N-methyl/N-ethyl adjacent to an activating group) is 2. The van der Waals surface area contributed by atoms with Crippen molar-refractivity contribution in [2.24, 2.45) is 0 Å². The van der Waals surface area contributed by atoms with Crippen LogP contribution < -0.4 is 0 Å². The van der Waals surface area contributed by atoms with Gasteiger partial charge in [-0.05, 0) is 47.3 Å². The Morgan fingerprint density at radius 2 is 1.94 bits per heavy atom. The number of hydrogen-bond acceptors (Lipinski definition) is 3. The number of likely N-dealkylation sites (tertiary alicyclic amines) is 1. The largest absolute Gasteiger partial charge is 0.342 e. The Balaban J connectivity index is 2.43. The van der Waals surface area contributed by atoms with Gasteiger partial charge in [-0.25, -0.2) is 0 Å². The van der Waals surface area contributed by atoms with E-state index in [2.05, 4.69) is 23.9 Å². The Bertz CT molecular complexity index is 239. The van der Waals surface area contributed by atoms with E-state index in [1.54, 1.807) is 0 Å². The van der Waals surface area contributed by atoms with Crippen molar-refractivity contribution in [2.75, 3.05) is 46.8 Å². The second-order valence-electron chi connectivity index (χ2n) is 5.06. The van der Waals surface area contributed by atoms with Gasteiger partial charge in [0.15, 0.2) is 0 Å². The van der Waals surface area contributed by atoms with Crippen LogP contribution in [-0.4, -0.2) is 73.5 Å². The van der Waals surface area contributed by atoms with Crippen LogP contribution in [0.25, 0.3) is 0 Å². The van der Waals surface area contributed by atoms with Gasteiger partial charge in [-0.2, -0.15) is 0 Å². The maximum atomic E-state index is 12.0. The van der Waals surface area contributed by atoms with Gasteiger partial charge in [0, 0.05) is 25.7 Å². The lowest BCUT2D eigenvalue weighted by molar-refractivity contribution is -0.132. The third-order valence-electron chi connectivity index (χ3n) is 3.69. The molecule has 1 atom stereocenters. The zero-order chi connectivity index (χ0) is 12.8. The van der Waals surface area contributed by atoms with Gasteiger partial charge in [0.05, 0.1) is 6.54 Å². The van der Waals surface area contributed by atoms with Crippen LogP contribution >= 0.6 is 0 Å². The summed E-state index contributed by atoms with van der Waals surface area (Å²) in [4.78, 5) is 18.5. The molecule has 1 saturated heterocycles. The van der Waals surface area contributed by atoms with Crippen molar-refractivity contribution < 1.29 is 4.79 Å². The summed E-state index contributed by atoms with van der Waals surface area (Å²) < 4.78 is 0. The van der Waals surface area contributed by atoms with E-state index in [4.69, 9.17) is 0 Å². The van der Waals surface area contributed by atoms with E-state index in [0.29, 0.717) is 12.6 Å². The fraction of sp³-hybridized carbons (Fsp3) is 0.923. The SMILES string of the molecule is CCN(CC)C(=O)CN1CCCC(N(C)C)C1. The highest BCUT2D eigenvalue weighted by Gasteiger charge is 2.23. The molecule has 0 bridgehead atoms. The molecule has 1 aliphatic heterocycles. The third kappa shape index (κ3) is 4.28. The molecular formula is C13H27N3O. The predicted molar refractivity (Wildman–Crippen MR) is 71.1 cm³/mol. The van der Waals surface area contributed by atoms with Gasteiger partial charge >= 0.3 is 0 Å². The highest BCUT2D eigenvalue weighted by atomic mass is 16.2. The number of carbonyl (C=O) groups excluding carboxylic acids is 1. The quantitative estimate of drug-likeness (QED) is 0.715. The molecule has 0 aliphatic carbocycles. The Morgan fingerprint density at radius 3 is 2.47 bits per heavy atom. The molecule has 1 unspecified atom stereocenters. The van der Waals surface area contributed by atoms with E-state index in [0.717, 1.165) is 26.2 Å². The lowest BCUT2D eigenvalue weighted by Crippen LogP contribution is -2.49. The van der Waals surface area contributed by atoms with Crippen molar-refractivity contribution in [3.05, 3.63) is 0 Å². The van der Waals surface area contributed by atoms with Crippen LogP contribution in [0.5, 0.6) is 0 Å². The third-order valence-corrected chi connectivity index (χ3v) is 3.69. The number of piperidine rings is 1. The second kappa shape index (κ2) is 6.97. The molecule has 0 aromatic heterocycles. The van der Waals surface area contributed by atoms with Crippen LogP contribution in [0.1, 0.15) is 26.7 Å². The summed E-state index contributed by atoms with van der Waals surface area (Å²) in [5, 5.41) is 0. The lowest BCUT2D eigenvalue weighted by atomic mass is 10.1. The maximum Gasteiger partial charge on any atom is 0.236 e. The molecule has 1 amide bonds. The number of amides is 1. The molecular weight excluding hydrogens is 214 g/mol. The van der Waals surface area contributed by atoms with Crippen molar-refractivity contribution in [3.63, 3.8) is 0 Å². The van der Waals surface area contributed by atoms with Crippen LogP contribution in [0.15, 0.2) is 0 Å². The minimum atomic E-state index is 0.273. The minimum absolute atomic E-state index is 0.273. The second-order valence-corrected chi connectivity index (χ2v) is 5.06. The van der Waals surface area contributed by atoms with Gasteiger partial charge in [-0.15, -0.1) is 0 Å². The van der Waals surface area contributed by atoms with Crippen molar-refractivity contribution in [3.8, 4) is 0 Å². The van der Waals surface area contributed by atoms with Crippen molar-refractivity contribution in [2.45, 2.75) is 32.7 Å². The van der Waals surface area contributed by atoms with E-state index in [1.807, 2.05) is 18.7 Å². The Kier molecular flexibility index (Phi) is 5.92. The van der Waals surface area contributed by atoms with Crippen LogP contribution in [-0.2, 0) is 4.79 Å². The monoisotopic (exact) mass is 241 g/mol. The van der Waals surface area contributed by atoms with E-state index in [-0.39, 0.29) is 5.91 Å². The number of rotatable bonds is 5. The van der Waals surface area contributed by atoms with Gasteiger partial charge in [-0.3, -0.25) is 9.69 Å². The van der Waals surface area contributed by atoms with Crippen LogP contribution in [0.3, 0.4) is 0 Å². The van der Waals surface area contributed by atoms with Gasteiger partial charge in [0.1, 0.15) is 0 Å². The van der Waals surface area contributed by atoms with E-state index in [9.17, 15) is 4.79 Å². The Morgan fingerprint density at radius 1 is 1.29 bits per heavy atom. The van der Waals surface area contributed by atoms with E-state index >= 15 is 0 Å². The molecule has 0 N–H and O–H groups in total. The van der Waals surface area contributed by atoms with Gasteiger partial charge in [0.2, 0.25) is 5.91 Å². The highest BCUT2D eigenvalue weighted by Crippen LogP contribution is 2.13. The van der Waals surface area contributed by atoms with E-state index in [1.165, 1.54) is 12.8 Å². The molecule has 100 valence electrons. The molecule has 0 saturated carbocycles. The highest BCUT2D eigenvalue weighted by molar-refractivity contribution is 5.78. The zero-order valence-electron chi connectivity index (χ0n) is 11.8. The van der Waals surface area contributed by atoms with Crippen molar-refractivity contribution in [1.82, 2.24) is 14.7 Å². The fourth-order valence-corrected chi connectivity index (χ4v) is 2.46. The summed E-state index contributed by atoms with van der Waals surface area (Å²) in [6.07, 6.45) is 2.46. The summed E-state index contributed by atoms with van der Waals surface area (Å²) in [5.74, 6) is 0.273. The molecule has 4 nitrogen and oxygen atoms in total. The minimum Gasteiger partial charge on any atom is -0.342 e. The average Bonchev–Trinajstić information content (AvgIpc) is 2.30. The van der Waals surface area contributed by atoms with Crippen LogP contribution in [0.2, 0.25) is 0 Å². The molecule has 0 aromatic carbocycles. The van der Waals surface area contributed by atoms with Gasteiger partial charge in [0.25, 0.3) is 0 Å². The number of hydrogen-bond donors (Lipinski definition) is 0. The summed E-state index contributed by atoms with van der Waals surface area (Å²) in [6.45, 7) is 8.41. The fourth-order valence-electron chi connectivity index (χ4n) is 2.46. The first-order chi connectivity index (χ1) is 8.08. The number of nitrogens with zero attached hydrogens (tertiary/aromatic N) is 3. The molecule has 4 heteroatoms.